The summed E-state index contributed by atoms with van der Waals surface area (Å²) in [7, 11) is 0. The van der Waals surface area contributed by atoms with Crippen LogP contribution in [0.2, 0.25) is 0 Å². The number of para-hydroxylation sites is 1. The van der Waals surface area contributed by atoms with E-state index in [2.05, 4.69) is 33.5 Å². The number of rotatable bonds is 2. The lowest BCUT2D eigenvalue weighted by atomic mass is 10.1. The molecule has 0 aliphatic heterocycles. The molecule has 0 atom stereocenters. The van der Waals surface area contributed by atoms with Gasteiger partial charge in [-0.15, -0.1) is 0 Å². The highest BCUT2D eigenvalue weighted by molar-refractivity contribution is 5.89. The van der Waals surface area contributed by atoms with Gasteiger partial charge in [-0.25, -0.2) is 9.97 Å². The first-order valence-corrected chi connectivity index (χ1v) is 6.72. The van der Waals surface area contributed by atoms with Crippen LogP contribution in [-0.2, 0) is 0 Å². The van der Waals surface area contributed by atoms with Gasteiger partial charge in [-0.05, 0) is 25.1 Å². The molecular formula is C16H13N5. The van der Waals surface area contributed by atoms with Gasteiger partial charge in [-0.2, -0.15) is 9.89 Å². The fourth-order valence-electron chi connectivity index (χ4n) is 2.42. The van der Waals surface area contributed by atoms with Crippen LogP contribution in [0.25, 0.3) is 21.8 Å². The molecule has 2 aromatic carbocycles. The minimum absolute atomic E-state index is 0.748. The second-order valence-electron chi connectivity index (χ2n) is 4.97. The van der Waals surface area contributed by atoms with Crippen molar-refractivity contribution in [3.05, 3.63) is 60.6 Å². The molecule has 21 heavy (non-hydrogen) atoms. The molecule has 102 valence electrons. The Kier molecular flexibility index (Phi) is 2.57. The van der Waals surface area contributed by atoms with Crippen molar-refractivity contribution in [2.45, 2.75) is 6.92 Å². The van der Waals surface area contributed by atoms with E-state index in [1.165, 1.54) is 5.56 Å². The Labute approximate surface area is 121 Å². The van der Waals surface area contributed by atoms with E-state index < -0.39 is 0 Å². The first-order valence-electron chi connectivity index (χ1n) is 6.72. The zero-order valence-electron chi connectivity index (χ0n) is 11.5. The average Bonchev–Trinajstić information content (AvgIpc) is 2.91. The van der Waals surface area contributed by atoms with Gasteiger partial charge in [0.2, 0.25) is 0 Å². The van der Waals surface area contributed by atoms with Crippen LogP contribution >= 0.6 is 0 Å². The maximum absolute atomic E-state index is 4.36. The quantitative estimate of drug-likeness (QED) is 0.610. The third-order valence-corrected chi connectivity index (χ3v) is 3.48. The molecule has 4 rings (SSSR count). The second kappa shape index (κ2) is 4.56. The van der Waals surface area contributed by atoms with E-state index in [1.807, 2.05) is 42.6 Å². The van der Waals surface area contributed by atoms with Crippen LogP contribution in [0.1, 0.15) is 5.56 Å². The summed E-state index contributed by atoms with van der Waals surface area (Å²) in [6.07, 6.45) is 3.39. The molecule has 0 saturated heterocycles. The summed E-state index contributed by atoms with van der Waals surface area (Å²) in [5, 5.41) is 6.43. The topological polar surface area (TPSA) is 55.6 Å². The molecule has 0 spiro atoms. The van der Waals surface area contributed by atoms with Crippen molar-refractivity contribution in [1.29, 1.82) is 0 Å². The lowest BCUT2D eigenvalue weighted by molar-refractivity contribution is 0.825. The van der Waals surface area contributed by atoms with Crippen LogP contribution in [0, 0.1) is 6.92 Å². The first kappa shape index (κ1) is 11.8. The van der Waals surface area contributed by atoms with Gasteiger partial charge in [-0.3, -0.25) is 5.43 Å². The van der Waals surface area contributed by atoms with Gasteiger partial charge in [0.15, 0.2) is 5.82 Å². The lowest BCUT2D eigenvalue weighted by Gasteiger charge is -2.09. The predicted octanol–water partition coefficient (Wildman–Crippen LogP) is 3.16. The van der Waals surface area contributed by atoms with Gasteiger partial charge in [0.05, 0.1) is 17.2 Å². The van der Waals surface area contributed by atoms with Crippen LogP contribution < -0.4 is 5.43 Å². The lowest BCUT2D eigenvalue weighted by Crippen LogP contribution is -2.12. The Morgan fingerprint density at radius 1 is 1.05 bits per heavy atom. The Morgan fingerprint density at radius 3 is 2.90 bits per heavy atom. The van der Waals surface area contributed by atoms with Crippen molar-refractivity contribution in [3.8, 4) is 0 Å². The molecule has 0 saturated carbocycles. The Bertz CT molecular complexity index is 942. The maximum atomic E-state index is 4.36. The van der Waals surface area contributed by atoms with E-state index in [0.29, 0.717) is 0 Å². The zero-order chi connectivity index (χ0) is 14.2. The molecule has 0 bridgehead atoms. The van der Waals surface area contributed by atoms with Crippen molar-refractivity contribution >= 4 is 27.6 Å². The first-order chi connectivity index (χ1) is 10.3. The molecule has 4 aromatic rings. The van der Waals surface area contributed by atoms with E-state index in [1.54, 1.807) is 11.1 Å². The summed E-state index contributed by atoms with van der Waals surface area (Å²) in [4.78, 5) is 10.4. The standard InChI is InChI=1S/C16H13N5/c1-11-6-7-14-13(8-11)16(18-10-17-14)20-21-15-5-3-2-4-12(15)9-19-21/h2-10H,1H3,(H,17,18,20). The number of aryl methyl sites for hydroxylation is 1. The molecule has 2 aromatic heterocycles. The summed E-state index contributed by atoms with van der Waals surface area (Å²) < 4.78 is 0. The summed E-state index contributed by atoms with van der Waals surface area (Å²) in [5.74, 6) is 0.748. The van der Waals surface area contributed by atoms with Crippen LogP contribution in [0.3, 0.4) is 0 Å². The zero-order valence-corrected chi connectivity index (χ0v) is 11.5. The van der Waals surface area contributed by atoms with E-state index in [-0.39, 0.29) is 0 Å². The van der Waals surface area contributed by atoms with E-state index in [9.17, 15) is 0 Å². The van der Waals surface area contributed by atoms with Gasteiger partial charge in [-0.1, -0.05) is 29.8 Å². The number of anilines is 1. The van der Waals surface area contributed by atoms with E-state index in [4.69, 9.17) is 0 Å². The van der Waals surface area contributed by atoms with Gasteiger partial charge in [0.1, 0.15) is 6.33 Å². The van der Waals surface area contributed by atoms with Crippen LogP contribution in [0.15, 0.2) is 55.0 Å². The third-order valence-electron chi connectivity index (χ3n) is 3.48. The second-order valence-corrected chi connectivity index (χ2v) is 4.97. The molecule has 0 aliphatic carbocycles. The minimum Gasteiger partial charge on any atom is -0.260 e. The fourth-order valence-corrected chi connectivity index (χ4v) is 2.42. The van der Waals surface area contributed by atoms with E-state index >= 15 is 0 Å². The minimum atomic E-state index is 0.748. The number of nitrogens with zero attached hydrogens (tertiary/aromatic N) is 4. The Morgan fingerprint density at radius 2 is 1.95 bits per heavy atom. The normalized spacial score (nSPS) is 11.1. The van der Waals surface area contributed by atoms with Crippen LogP contribution in [0.4, 0.5) is 5.82 Å². The number of nitrogens with one attached hydrogen (secondary N) is 1. The maximum Gasteiger partial charge on any atom is 0.157 e. The van der Waals surface area contributed by atoms with Gasteiger partial charge in [0, 0.05) is 10.8 Å². The largest absolute Gasteiger partial charge is 0.260 e. The molecule has 5 heteroatoms. The monoisotopic (exact) mass is 275 g/mol. The number of hydrogen-bond acceptors (Lipinski definition) is 4. The van der Waals surface area contributed by atoms with Crippen molar-refractivity contribution < 1.29 is 0 Å². The molecule has 0 aliphatic rings. The smallest absolute Gasteiger partial charge is 0.157 e. The molecule has 0 fully saturated rings. The Hall–Kier alpha value is -2.95. The SMILES string of the molecule is Cc1ccc2ncnc(Nn3ncc4ccccc43)c2c1. The van der Waals surface area contributed by atoms with E-state index in [0.717, 1.165) is 27.6 Å². The highest BCUT2D eigenvalue weighted by Crippen LogP contribution is 2.21. The van der Waals surface area contributed by atoms with Gasteiger partial charge in [0.25, 0.3) is 0 Å². The summed E-state index contributed by atoms with van der Waals surface area (Å²) in [5.41, 5.74) is 6.35. The van der Waals surface area contributed by atoms with Crippen LogP contribution in [-0.4, -0.2) is 19.9 Å². The predicted molar refractivity (Wildman–Crippen MR) is 83.0 cm³/mol. The number of benzene rings is 2. The van der Waals surface area contributed by atoms with Crippen molar-refractivity contribution in [2.24, 2.45) is 0 Å². The summed E-state index contributed by atoms with van der Waals surface area (Å²) in [6, 6.07) is 14.2. The van der Waals surface area contributed by atoms with Crippen molar-refractivity contribution in [3.63, 3.8) is 0 Å². The molecule has 0 amide bonds. The summed E-state index contributed by atoms with van der Waals surface area (Å²) in [6.45, 7) is 2.06. The number of aromatic nitrogens is 4. The third kappa shape index (κ3) is 1.99. The molecule has 0 radical (unpaired) electrons. The van der Waals surface area contributed by atoms with Crippen LogP contribution in [0.5, 0.6) is 0 Å². The molecule has 0 unspecified atom stereocenters. The highest BCUT2D eigenvalue weighted by atomic mass is 15.6. The average molecular weight is 275 g/mol. The molecule has 5 nitrogen and oxygen atoms in total. The summed E-state index contributed by atoms with van der Waals surface area (Å²) >= 11 is 0. The molecule has 1 N–H and O–H groups in total. The number of hydrogen-bond donors (Lipinski definition) is 1. The molecular weight excluding hydrogens is 262 g/mol. The van der Waals surface area contributed by atoms with Crippen molar-refractivity contribution in [2.75, 3.05) is 5.43 Å². The molecule has 2 heterocycles. The highest BCUT2D eigenvalue weighted by Gasteiger charge is 2.06. The fraction of sp³-hybridized carbons (Fsp3) is 0.0625. The van der Waals surface area contributed by atoms with Gasteiger partial charge < -0.3 is 0 Å². The Balaban J connectivity index is 1.86. The van der Waals surface area contributed by atoms with Gasteiger partial charge >= 0.3 is 0 Å². The van der Waals surface area contributed by atoms with Crippen molar-refractivity contribution in [1.82, 2.24) is 19.9 Å². The number of fused-ring (bicyclic) bond motifs is 2.